The highest BCUT2D eigenvalue weighted by Gasteiger charge is 2.25. The first-order valence-electron chi connectivity index (χ1n) is 5.94. The zero-order valence-corrected chi connectivity index (χ0v) is 11.8. The van der Waals surface area contributed by atoms with E-state index in [4.69, 9.17) is 11.6 Å². The number of fused-ring (bicyclic) bond motifs is 1. The van der Waals surface area contributed by atoms with Crippen LogP contribution in [0, 0.1) is 10.1 Å². The number of imidazole rings is 1. The predicted molar refractivity (Wildman–Crippen MR) is 78.5 cm³/mol. The molecule has 2 heterocycles. The summed E-state index contributed by atoms with van der Waals surface area (Å²) in [5.41, 5.74) is 1.35. The van der Waals surface area contributed by atoms with Gasteiger partial charge in [0.2, 0.25) is 0 Å². The van der Waals surface area contributed by atoms with Gasteiger partial charge in [0.05, 0.1) is 5.38 Å². The van der Waals surface area contributed by atoms with Crippen LogP contribution in [0.1, 0.15) is 16.6 Å². The van der Waals surface area contributed by atoms with E-state index in [9.17, 15) is 10.1 Å². The lowest BCUT2D eigenvalue weighted by molar-refractivity contribution is -0.391. The van der Waals surface area contributed by atoms with Crippen molar-refractivity contribution in [3.05, 3.63) is 63.3 Å². The zero-order chi connectivity index (χ0) is 14.1. The summed E-state index contributed by atoms with van der Waals surface area (Å²) in [6, 6.07) is 9.50. The lowest BCUT2D eigenvalue weighted by Gasteiger charge is -2.07. The standard InChI is InChI=1S/C13H10ClN3O2S/c14-10(9-4-2-1-3-5-9)8-11-12(17(18)19)16-6-7-20-13(16)15-11/h1-7,10H,8H2. The topological polar surface area (TPSA) is 60.4 Å². The average molecular weight is 308 g/mol. The number of hydrogen-bond acceptors (Lipinski definition) is 4. The quantitative estimate of drug-likeness (QED) is 0.418. The van der Waals surface area contributed by atoms with Crippen molar-refractivity contribution in [2.75, 3.05) is 0 Å². The Labute approximate surface area is 123 Å². The average Bonchev–Trinajstić information content (AvgIpc) is 2.99. The number of nitro groups is 1. The Morgan fingerprint density at radius 1 is 1.40 bits per heavy atom. The second-order valence-corrected chi connectivity index (χ2v) is 5.68. The fraction of sp³-hybridized carbons (Fsp3) is 0.154. The first-order chi connectivity index (χ1) is 9.66. The van der Waals surface area contributed by atoms with Crippen molar-refractivity contribution < 1.29 is 4.92 Å². The lowest BCUT2D eigenvalue weighted by Crippen LogP contribution is -2.01. The molecule has 20 heavy (non-hydrogen) atoms. The van der Waals surface area contributed by atoms with E-state index in [0.29, 0.717) is 17.1 Å². The fourth-order valence-corrected chi connectivity index (χ4v) is 3.12. The SMILES string of the molecule is O=[N+]([O-])c1c(CC(Cl)c2ccccc2)nc2sccn12. The molecule has 0 saturated heterocycles. The molecule has 0 N–H and O–H groups in total. The summed E-state index contributed by atoms with van der Waals surface area (Å²) >= 11 is 7.71. The van der Waals surface area contributed by atoms with E-state index in [2.05, 4.69) is 4.98 Å². The van der Waals surface area contributed by atoms with Crippen LogP contribution in [0.4, 0.5) is 5.82 Å². The summed E-state index contributed by atoms with van der Waals surface area (Å²) in [6.45, 7) is 0. The van der Waals surface area contributed by atoms with Crippen LogP contribution in [-0.2, 0) is 6.42 Å². The minimum absolute atomic E-state index is 0.00262. The van der Waals surface area contributed by atoms with Crippen LogP contribution in [0.15, 0.2) is 41.9 Å². The Bertz CT molecular complexity index is 753. The third-order valence-corrected chi connectivity index (χ3v) is 4.18. The van der Waals surface area contributed by atoms with Gasteiger partial charge >= 0.3 is 5.82 Å². The van der Waals surface area contributed by atoms with Gasteiger partial charge in [0.25, 0.3) is 4.96 Å². The van der Waals surface area contributed by atoms with Gasteiger partial charge in [-0.05, 0) is 10.5 Å². The first-order valence-corrected chi connectivity index (χ1v) is 7.26. The maximum atomic E-state index is 11.2. The van der Waals surface area contributed by atoms with Crippen LogP contribution in [0.25, 0.3) is 4.96 Å². The Hall–Kier alpha value is -1.92. The molecule has 0 bridgehead atoms. The molecule has 0 aliphatic rings. The molecule has 1 unspecified atom stereocenters. The number of nitrogens with zero attached hydrogens (tertiary/aromatic N) is 3. The maximum Gasteiger partial charge on any atom is 0.351 e. The third-order valence-electron chi connectivity index (χ3n) is 3.01. The van der Waals surface area contributed by atoms with Crippen molar-refractivity contribution in [3.8, 4) is 0 Å². The monoisotopic (exact) mass is 307 g/mol. The number of aromatic nitrogens is 2. The van der Waals surface area contributed by atoms with Crippen LogP contribution in [0.5, 0.6) is 0 Å². The van der Waals surface area contributed by atoms with Gasteiger partial charge in [-0.25, -0.2) is 0 Å². The summed E-state index contributed by atoms with van der Waals surface area (Å²) in [6.07, 6.45) is 1.98. The first kappa shape index (κ1) is 13.1. The molecule has 3 rings (SSSR count). The second-order valence-electron chi connectivity index (χ2n) is 4.28. The summed E-state index contributed by atoms with van der Waals surface area (Å²) in [5.74, 6) is 0.00262. The molecule has 0 aliphatic heterocycles. The molecule has 102 valence electrons. The molecule has 1 atom stereocenters. The molecule has 2 aromatic heterocycles. The van der Waals surface area contributed by atoms with Gasteiger partial charge in [0, 0.05) is 11.8 Å². The molecule has 0 saturated carbocycles. The van der Waals surface area contributed by atoms with E-state index >= 15 is 0 Å². The number of thiazole rings is 1. The molecule has 0 fully saturated rings. The van der Waals surface area contributed by atoms with Gasteiger partial charge in [-0.3, -0.25) is 0 Å². The molecular weight excluding hydrogens is 298 g/mol. The Morgan fingerprint density at radius 2 is 2.15 bits per heavy atom. The van der Waals surface area contributed by atoms with E-state index in [1.54, 1.807) is 11.6 Å². The molecule has 0 radical (unpaired) electrons. The third kappa shape index (κ3) is 2.28. The smallest absolute Gasteiger partial charge is 0.351 e. The molecular formula is C13H10ClN3O2S. The van der Waals surface area contributed by atoms with Crippen LogP contribution >= 0.6 is 22.9 Å². The van der Waals surface area contributed by atoms with Crippen molar-refractivity contribution in [2.45, 2.75) is 11.8 Å². The van der Waals surface area contributed by atoms with Crippen LogP contribution in [0.3, 0.4) is 0 Å². The number of alkyl halides is 1. The van der Waals surface area contributed by atoms with E-state index in [-0.39, 0.29) is 11.2 Å². The summed E-state index contributed by atoms with van der Waals surface area (Å²) in [5, 5.41) is 12.7. The van der Waals surface area contributed by atoms with Crippen molar-refractivity contribution in [2.24, 2.45) is 0 Å². The van der Waals surface area contributed by atoms with Crippen LogP contribution < -0.4 is 0 Å². The minimum atomic E-state index is -0.406. The van der Waals surface area contributed by atoms with E-state index in [1.165, 1.54) is 15.7 Å². The molecule has 5 nitrogen and oxygen atoms in total. The number of benzene rings is 1. The van der Waals surface area contributed by atoms with Crippen molar-refractivity contribution in [1.82, 2.24) is 9.38 Å². The Kier molecular flexibility index (Phi) is 3.42. The predicted octanol–water partition coefficient (Wildman–Crippen LogP) is 3.83. The molecule has 0 aliphatic carbocycles. The van der Waals surface area contributed by atoms with E-state index in [1.807, 2.05) is 30.3 Å². The minimum Gasteiger partial charge on any atom is -0.358 e. The number of hydrogen-bond donors (Lipinski definition) is 0. The fourth-order valence-electron chi connectivity index (χ4n) is 2.10. The van der Waals surface area contributed by atoms with Crippen molar-refractivity contribution >= 4 is 33.7 Å². The second kappa shape index (κ2) is 5.22. The lowest BCUT2D eigenvalue weighted by atomic mass is 10.1. The molecule has 1 aromatic carbocycles. The Balaban J connectivity index is 1.96. The van der Waals surface area contributed by atoms with Gasteiger partial charge in [0.15, 0.2) is 0 Å². The molecule has 0 amide bonds. The highest BCUT2D eigenvalue weighted by molar-refractivity contribution is 7.15. The van der Waals surface area contributed by atoms with Gasteiger partial charge in [-0.1, -0.05) is 41.7 Å². The largest absolute Gasteiger partial charge is 0.358 e. The highest BCUT2D eigenvalue weighted by Crippen LogP contribution is 2.30. The van der Waals surface area contributed by atoms with Gasteiger partial charge in [-0.2, -0.15) is 9.38 Å². The molecule has 7 heteroatoms. The van der Waals surface area contributed by atoms with Gasteiger partial charge in [0.1, 0.15) is 11.9 Å². The number of rotatable bonds is 4. The van der Waals surface area contributed by atoms with Crippen molar-refractivity contribution in [3.63, 3.8) is 0 Å². The van der Waals surface area contributed by atoms with E-state index in [0.717, 1.165) is 5.56 Å². The van der Waals surface area contributed by atoms with E-state index < -0.39 is 4.92 Å². The summed E-state index contributed by atoms with van der Waals surface area (Å²) in [7, 11) is 0. The van der Waals surface area contributed by atoms with Crippen LogP contribution in [-0.4, -0.2) is 14.3 Å². The summed E-state index contributed by atoms with van der Waals surface area (Å²) < 4.78 is 1.49. The van der Waals surface area contributed by atoms with Gasteiger partial charge < -0.3 is 10.1 Å². The maximum absolute atomic E-state index is 11.2. The summed E-state index contributed by atoms with van der Waals surface area (Å²) in [4.78, 5) is 15.7. The molecule has 3 aromatic rings. The van der Waals surface area contributed by atoms with Crippen LogP contribution in [0.2, 0.25) is 0 Å². The zero-order valence-electron chi connectivity index (χ0n) is 10.3. The number of halogens is 1. The molecule has 0 spiro atoms. The highest BCUT2D eigenvalue weighted by atomic mass is 35.5. The van der Waals surface area contributed by atoms with Crippen molar-refractivity contribution in [1.29, 1.82) is 0 Å². The van der Waals surface area contributed by atoms with Gasteiger partial charge in [-0.15, -0.1) is 11.6 Å². The Morgan fingerprint density at radius 3 is 2.85 bits per heavy atom. The normalized spacial score (nSPS) is 12.7.